The van der Waals surface area contributed by atoms with Gasteiger partial charge in [-0.2, -0.15) is 9.61 Å². The zero-order valence-corrected chi connectivity index (χ0v) is 21.9. The van der Waals surface area contributed by atoms with Gasteiger partial charge in [-0.3, -0.25) is 4.79 Å². The molecule has 2 aliphatic carbocycles. The molecule has 0 bridgehead atoms. The number of anilines is 2. The Balaban J connectivity index is 1.20. The van der Waals surface area contributed by atoms with Gasteiger partial charge in [0.15, 0.2) is 5.65 Å². The van der Waals surface area contributed by atoms with E-state index in [1.807, 2.05) is 29.8 Å². The molecule has 38 heavy (non-hydrogen) atoms. The van der Waals surface area contributed by atoms with Crippen molar-refractivity contribution in [2.75, 3.05) is 43.1 Å². The molecule has 0 radical (unpaired) electrons. The van der Waals surface area contributed by atoms with Crippen LogP contribution in [0.5, 0.6) is 0 Å². The van der Waals surface area contributed by atoms with Crippen LogP contribution in [-0.2, 0) is 4.74 Å². The Morgan fingerprint density at radius 1 is 1.16 bits per heavy atom. The summed E-state index contributed by atoms with van der Waals surface area (Å²) in [6, 6.07) is 8.43. The second-order valence-corrected chi connectivity index (χ2v) is 11.9. The van der Waals surface area contributed by atoms with Crippen LogP contribution in [0.2, 0.25) is 0 Å². The van der Waals surface area contributed by atoms with Crippen molar-refractivity contribution in [1.29, 1.82) is 0 Å². The molecule has 2 aliphatic heterocycles. The van der Waals surface area contributed by atoms with E-state index < -0.39 is 0 Å². The normalized spacial score (nSPS) is 21.4. The van der Waals surface area contributed by atoms with Crippen LogP contribution < -0.4 is 15.5 Å². The molecule has 2 saturated heterocycles. The van der Waals surface area contributed by atoms with E-state index in [1.54, 1.807) is 0 Å². The van der Waals surface area contributed by atoms with Gasteiger partial charge in [0.1, 0.15) is 11.6 Å². The highest BCUT2D eigenvalue weighted by molar-refractivity contribution is 5.97. The van der Waals surface area contributed by atoms with Crippen LogP contribution in [0.25, 0.3) is 16.8 Å². The zero-order chi connectivity index (χ0) is 25.9. The lowest BCUT2D eigenvalue weighted by Gasteiger charge is -2.58. The summed E-state index contributed by atoms with van der Waals surface area (Å²) in [4.78, 5) is 20.1. The summed E-state index contributed by atoms with van der Waals surface area (Å²) >= 11 is 0. The Kier molecular flexibility index (Phi) is 5.81. The molecule has 9 heteroatoms. The van der Waals surface area contributed by atoms with Crippen LogP contribution in [0, 0.1) is 18.3 Å². The summed E-state index contributed by atoms with van der Waals surface area (Å²) in [6.07, 6.45) is 7.78. The summed E-state index contributed by atoms with van der Waals surface area (Å²) < 4.78 is 7.45. The van der Waals surface area contributed by atoms with Crippen LogP contribution in [0.3, 0.4) is 0 Å². The number of nitrogens with zero attached hydrogens (tertiary/aromatic N) is 4. The maximum atomic E-state index is 12.7. The van der Waals surface area contributed by atoms with Crippen molar-refractivity contribution in [3.63, 3.8) is 0 Å². The second kappa shape index (κ2) is 9.24. The number of fused-ring (bicyclic) bond motifs is 1. The molecule has 1 amide bonds. The van der Waals surface area contributed by atoms with Gasteiger partial charge in [-0.1, -0.05) is 12.1 Å². The molecule has 1 aromatic carbocycles. The number of rotatable bonds is 7. The molecule has 4 aliphatic rings. The highest BCUT2D eigenvalue weighted by atomic mass is 16.5. The Morgan fingerprint density at radius 3 is 2.66 bits per heavy atom. The molecule has 1 spiro atoms. The van der Waals surface area contributed by atoms with E-state index in [0.717, 1.165) is 111 Å². The molecule has 3 N–H and O–H groups in total. The predicted molar refractivity (Wildman–Crippen MR) is 146 cm³/mol. The number of aryl methyl sites for hydroxylation is 1. The summed E-state index contributed by atoms with van der Waals surface area (Å²) in [6.45, 7) is 6.37. The third kappa shape index (κ3) is 4.41. The van der Waals surface area contributed by atoms with Gasteiger partial charge in [0.25, 0.3) is 5.91 Å². The summed E-state index contributed by atoms with van der Waals surface area (Å²) in [5.41, 5.74) is 4.68. The first-order chi connectivity index (χ1) is 18.5. The molecule has 0 atom stereocenters. The lowest BCUT2D eigenvalue weighted by Crippen LogP contribution is -2.64. The van der Waals surface area contributed by atoms with Crippen molar-refractivity contribution in [2.24, 2.45) is 11.3 Å². The number of hydrogen-bond donors (Lipinski definition) is 3. The first-order valence-electron chi connectivity index (χ1n) is 14.0. The van der Waals surface area contributed by atoms with Crippen molar-refractivity contribution in [3.8, 4) is 11.1 Å². The topological polar surface area (TPSA) is 104 Å². The molecule has 0 unspecified atom stereocenters. The number of benzene rings is 1. The molecule has 2 aromatic heterocycles. The first kappa shape index (κ1) is 23.9. The number of amides is 1. The van der Waals surface area contributed by atoms with Crippen LogP contribution in [0.15, 0.2) is 30.5 Å². The molecule has 4 heterocycles. The molecular weight excluding hydrogens is 480 g/mol. The third-order valence-corrected chi connectivity index (χ3v) is 8.78. The Hall–Kier alpha value is -3.17. The van der Waals surface area contributed by atoms with Crippen LogP contribution >= 0.6 is 0 Å². The number of aliphatic hydroxyl groups excluding tert-OH is 1. The van der Waals surface area contributed by atoms with Crippen molar-refractivity contribution in [1.82, 2.24) is 19.9 Å². The van der Waals surface area contributed by atoms with Gasteiger partial charge in [0, 0.05) is 61.5 Å². The fraction of sp³-hybridized carbons (Fsp3) is 0.552. The fourth-order valence-corrected chi connectivity index (χ4v) is 6.34. The van der Waals surface area contributed by atoms with Gasteiger partial charge in [0.2, 0.25) is 0 Å². The van der Waals surface area contributed by atoms with E-state index in [9.17, 15) is 9.90 Å². The van der Waals surface area contributed by atoms with Gasteiger partial charge in [-0.05, 0) is 68.6 Å². The Bertz CT molecular complexity index is 1360. The second-order valence-electron chi connectivity index (χ2n) is 11.9. The average Bonchev–Trinajstić information content (AvgIpc) is 3.59. The van der Waals surface area contributed by atoms with Crippen LogP contribution in [0.1, 0.15) is 54.4 Å². The Labute approximate surface area is 222 Å². The molecule has 200 valence electrons. The van der Waals surface area contributed by atoms with Gasteiger partial charge >= 0.3 is 0 Å². The Morgan fingerprint density at radius 2 is 1.95 bits per heavy atom. The third-order valence-electron chi connectivity index (χ3n) is 8.78. The van der Waals surface area contributed by atoms with Crippen LogP contribution in [0.4, 0.5) is 11.6 Å². The lowest BCUT2D eigenvalue weighted by molar-refractivity contribution is -0.0494. The summed E-state index contributed by atoms with van der Waals surface area (Å²) in [5, 5.41) is 21.3. The molecule has 9 nitrogen and oxygen atoms in total. The van der Waals surface area contributed by atoms with Gasteiger partial charge in [0.05, 0.1) is 12.3 Å². The number of aromatic nitrogens is 3. The molecule has 4 fully saturated rings. The minimum Gasteiger partial charge on any atom is -0.393 e. The van der Waals surface area contributed by atoms with E-state index in [1.165, 1.54) is 0 Å². The maximum absolute atomic E-state index is 12.7. The van der Waals surface area contributed by atoms with Crippen molar-refractivity contribution >= 4 is 23.2 Å². The minimum absolute atomic E-state index is 0.00393. The van der Waals surface area contributed by atoms with Gasteiger partial charge in [-0.15, -0.1) is 0 Å². The van der Waals surface area contributed by atoms with E-state index in [4.69, 9.17) is 14.8 Å². The lowest BCUT2D eigenvalue weighted by atomic mass is 9.62. The number of carbonyl (C=O) groups is 1. The van der Waals surface area contributed by atoms with Gasteiger partial charge in [-0.25, -0.2) is 4.98 Å². The van der Waals surface area contributed by atoms with Gasteiger partial charge < -0.3 is 25.4 Å². The van der Waals surface area contributed by atoms with Crippen LogP contribution in [-0.4, -0.2) is 70.6 Å². The van der Waals surface area contributed by atoms with E-state index in [-0.39, 0.29) is 17.4 Å². The first-order valence-corrected chi connectivity index (χ1v) is 14.0. The van der Waals surface area contributed by atoms with E-state index in [2.05, 4.69) is 27.7 Å². The monoisotopic (exact) mass is 516 g/mol. The largest absolute Gasteiger partial charge is 0.393 e. The number of ether oxygens (including phenoxy) is 1. The molecule has 2 saturated carbocycles. The van der Waals surface area contributed by atoms with Crippen molar-refractivity contribution in [3.05, 3.63) is 41.6 Å². The SMILES string of the molecule is Cc1cc(-c2cnn3c(NCC4CCOCC4)cc(N4CC5(CC(O)C5)C4)nc23)ccc1C(=O)NC1CC1. The van der Waals surface area contributed by atoms with E-state index >= 15 is 0 Å². The smallest absolute Gasteiger partial charge is 0.251 e. The number of carbonyl (C=O) groups excluding carboxylic acids is 1. The minimum atomic E-state index is -0.150. The number of nitrogens with one attached hydrogen (secondary N) is 2. The predicted octanol–water partition coefficient (Wildman–Crippen LogP) is 3.40. The molecule has 7 rings (SSSR count). The highest BCUT2D eigenvalue weighted by Gasteiger charge is 2.52. The fourth-order valence-electron chi connectivity index (χ4n) is 6.34. The number of hydrogen-bond acceptors (Lipinski definition) is 7. The number of aliphatic hydroxyl groups is 1. The molecular formula is C29H36N6O3. The van der Waals surface area contributed by atoms with E-state index in [0.29, 0.717) is 12.0 Å². The maximum Gasteiger partial charge on any atom is 0.251 e. The van der Waals surface area contributed by atoms with Crippen molar-refractivity contribution in [2.45, 2.75) is 57.6 Å². The van der Waals surface area contributed by atoms with Crippen molar-refractivity contribution < 1.29 is 14.6 Å². The quantitative estimate of drug-likeness (QED) is 0.442. The highest BCUT2D eigenvalue weighted by Crippen LogP contribution is 2.49. The standard InChI is InChI=1S/C29H36N6O3/c1-18-10-20(2-5-23(18)28(37)32-21-3-4-21)24-15-31-35-25(30-14-19-6-8-38-9-7-19)11-26(33-27(24)35)34-16-29(17-34)12-22(36)13-29/h2,5,10-11,15,19,21-22,30,36H,3-4,6-9,12-14,16-17H2,1H3,(H,32,37). The zero-order valence-electron chi connectivity index (χ0n) is 21.9. The summed E-state index contributed by atoms with van der Waals surface area (Å²) in [7, 11) is 0. The molecule has 3 aromatic rings. The summed E-state index contributed by atoms with van der Waals surface area (Å²) in [5.74, 6) is 2.46. The average molecular weight is 517 g/mol.